The molecule has 0 radical (unpaired) electrons. The lowest BCUT2D eigenvalue weighted by Crippen LogP contribution is -2.32. The summed E-state index contributed by atoms with van der Waals surface area (Å²) in [5.74, 6) is -0.967. The van der Waals surface area contributed by atoms with Crippen LogP contribution in [0.1, 0.15) is 0 Å². The van der Waals surface area contributed by atoms with Crippen molar-refractivity contribution in [2.75, 3.05) is 11.9 Å². The van der Waals surface area contributed by atoms with Gasteiger partial charge in [-0.3, -0.25) is 4.79 Å². The number of halogens is 1. The maximum absolute atomic E-state index is 10.2. The summed E-state index contributed by atoms with van der Waals surface area (Å²) < 4.78 is 0. The molecule has 0 saturated carbocycles. The molecule has 0 saturated heterocycles. The zero-order valence-corrected chi connectivity index (χ0v) is 9.23. The van der Waals surface area contributed by atoms with Crippen LogP contribution >= 0.6 is 23.8 Å². The van der Waals surface area contributed by atoms with Gasteiger partial charge in [0.1, 0.15) is 6.54 Å². The van der Waals surface area contributed by atoms with Crippen LogP contribution in [0.4, 0.5) is 5.69 Å². The number of nitrogens with one attached hydrogen (secondary N) is 2. The largest absolute Gasteiger partial charge is 0.480 e. The predicted octanol–water partition coefficient (Wildman–Crippen LogP) is 1.71. The fourth-order valence-corrected chi connectivity index (χ4v) is 1.28. The molecule has 0 unspecified atom stereocenters. The summed E-state index contributed by atoms with van der Waals surface area (Å²) in [5, 5.41) is 14.6. The monoisotopic (exact) mass is 244 g/mol. The fraction of sp³-hybridized carbons (Fsp3) is 0.111. The van der Waals surface area contributed by atoms with Crippen molar-refractivity contribution in [1.82, 2.24) is 5.32 Å². The summed E-state index contributed by atoms with van der Waals surface area (Å²) in [5.41, 5.74) is 0.713. The smallest absolute Gasteiger partial charge is 0.322 e. The molecule has 0 bridgehead atoms. The van der Waals surface area contributed by atoms with Crippen molar-refractivity contribution < 1.29 is 9.90 Å². The molecular formula is C9H9ClN2O2S. The molecule has 4 nitrogen and oxygen atoms in total. The van der Waals surface area contributed by atoms with Crippen LogP contribution < -0.4 is 10.6 Å². The van der Waals surface area contributed by atoms with Crippen LogP contribution in [0.5, 0.6) is 0 Å². The van der Waals surface area contributed by atoms with Gasteiger partial charge in [-0.1, -0.05) is 17.7 Å². The molecule has 0 aromatic heterocycles. The zero-order valence-electron chi connectivity index (χ0n) is 7.66. The molecule has 15 heavy (non-hydrogen) atoms. The van der Waals surface area contributed by atoms with Gasteiger partial charge in [-0.15, -0.1) is 0 Å². The van der Waals surface area contributed by atoms with Crippen LogP contribution in [0, 0.1) is 0 Å². The molecule has 0 amide bonds. The molecule has 0 aliphatic carbocycles. The number of aliphatic carboxylic acids is 1. The van der Waals surface area contributed by atoms with E-state index < -0.39 is 5.97 Å². The SMILES string of the molecule is O=C(O)CNC(=S)Nc1cccc(Cl)c1. The second-order valence-electron chi connectivity index (χ2n) is 2.71. The molecule has 0 aliphatic heterocycles. The Morgan fingerprint density at radius 2 is 2.27 bits per heavy atom. The molecule has 1 rings (SSSR count). The van der Waals surface area contributed by atoms with E-state index in [4.69, 9.17) is 28.9 Å². The average Bonchev–Trinajstić information content (AvgIpc) is 2.15. The number of hydrogen-bond donors (Lipinski definition) is 3. The lowest BCUT2D eigenvalue weighted by Gasteiger charge is -2.08. The second kappa shape index (κ2) is 5.53. The Balaban J connectivity index is 2.48. The van der Waals surface area contributed by atoms with Gasteiger partial charge < -0.3 is 15.7 Å². The number of carboxylic acids is 1. The Labute approximate surface area is 97.2 Å². The first-order valence-corrected chi connectivity index (χ1v) is 4.89. The Morgan fingerprint density at radius 3 is 2.87 bits per heavy atom. The highest BCUT2D eigenvalue weighted by atomic mass is 35.5. The van der Waals surface area contributed by atoms with E-state index in [0.717, 1.165) is 0 Å². The first-order valence-electron chi connectivity index (χ1n) is 4.10. The number of benzene rings is 1. The predicted molar refractivity (Wildman–Crippen MR) is 63.3 cm³/mol. The van der Waals surface area contributed by atoms with Gasteiger partial charge >= 0.3 is 5.97 Å². The number of thiocarbonyl (C=S) groups is 1. The molecule has 0 aliphatic rings. The van der Waals surface area contributed by atoms with Crippen molar-refractivity contribution in [1.29, 1.82) is 0 Å². The van der Waals surface area contributed by atoms with Crippen LogP contribution in [-0.4, -0.2) is 22.7 Å². The highest BCUT2D eigenvalue weighted by Crippen LogP contribution is 2.14. The molecule has 3 N–H and O–H groups in total. The highest BCUT2D eigenvalue weighted by Gasteiger charge is 2.00. The molecule has 0 atom stereocenters. The third kappa shape index (κ3) is 4.62. The first kappa shape index (κ1) is 11.7. The van der Waals surface area contributed by atoms with Crippen molar-refractivity contribution in [3.63, 3.8) is 0 Å². The Bertz CT molecular complexity index is 384. The van der Waals surface area contributed by atoms with Gasteiger partial charge in [-0.05, 0) is 30.4 Å². The molecule has 1 aromatic carbocycles. The summed E-state index contributed by atoms with van der Waals surface area (Å²) >= 11 is 10.6. The van der Waals surface area contributed by atoms with Gasteiger partial charge in [-0.2, -0.15) is 0 Å². The summed E-state index contributed by atoms with van der Waals surface area (Å²) in [7, 11) is 0. The topological polar surface area (TPSA) is 61.4 Å². The van der Waals surface area contributed by atoms with Crippen LogP contribution in [0.3, 0.4) is 0 Å². The van der Waals surface area contributed by atoms with Crippen molar-refractivity contribution in [3.8, 4) is 0 Å². The highest BCUT2D eigenvalue weighted by molar-refractivity contribution is 7.80. The Morgan fingerprint density at radius 1 is 1.53 bits per heavy atom. The Hall–Kier alpha value is -1.33. The number of hydrogen-bond acceptors (Lipinski definition) is 2. The zero-order chi connectivity index (χ0) is 11.3. The molecule has 80 valence electrons. The van der Waals surface area contributed by atoms with Crippen molar-refractivity contribution in [3.05, 3.63) is 29.3 Å². The van der Waals surface area contributed by atoms with Gasteiger partial charge in [0.25, 0.3) is 0 Å². The van der Waals surface area contributed by atoms with Crippen molar-refractivity contribution in [2.45, 2.75) is 0 Å². The van der Waals surface area contributed by atoms with E-state index in [0.29, 0.717) is 10.7 Å². The van der Waals surface area contributed by atoms with E-state index in [9.17, 15) is 4.79 Å². The standard InChI is InChI=1S/C9H9ClN2O2S/c10-6-2-1-3-7(4-6)12-9(15)11-5-8(13)14/h1-4H,5H2,(H,13,14)(H2,11,12,15). The van der Waals surface area contributed by atoms with Gasteiger partial charge in [0, 0.05) is 10.7 Å². The molecule has 0 spiro atoms. The van der Waals surface area contributed by atoms with E-state index in [-0.39, 0.29) is 11.7 Å². The minimum Gasteiger partial charge on any atom is -0.480 e. The van der Waals surface area contributed by atoms with E-state index >= 15 is 0 Å². The third-order valence-electron chi connectivity index (χ3n) is 1.48. The molecule has 1 aromatic rings. The van der Waals surface area contributed by atoms with Crippen molar-refractivity contribution >= 4 is 40.6 Å². The molecule has 6 heteroatoms. The molecular weight excluding hydrogens is 236 g/mol. The average molecular weight is 245 g/mol. The summed E-state index contributed by atoms with van der Waals surface area (Å²) in [6.45, 7) is -0.216. The third-order valence-corrected chi connectivity index (χ3v) is 1.96. The maximum Gasteiger partial charge on any atom is 0.322 e. The van der Waals surface area contributed by atoms with E-state index in [1.54, 1.807) is 24.3 Å². The summed E-state index contributed by atoms with van der Waals surface area (Å²) in [6.07, 6.45) is 0. The van der Waals surface area contributed by atoms with Crippen LogP contribution in [0.25, 0.3) is 0 Å². The van der Waals surface area contributed by atoms with E-state index in [2.05, 4.69) is 10.6 Å². The molecule has 0 heterocycles. The van der Waals surface area contributed by atoms with Gasteiger partial charge in [0.2, 0.25) is 0 Å². The van der Waals surface area contributed by atoms with Crippen LogP contribution in [0.2, 0.25) is 5.02 Å². The number of rotatable bonds is 3. The first-order chi connectivity index (χ1) is 7.08. The second-order valence-corrected chi connectivity index (χ2v) is 3.56. The number of carbonyl (C=O) groups is 1. The van der Waals surface area contributed by atoms with E-state index in [1.165, 1.54) is 0 Å². The quantitative estimate of drug-likeness (QED) is 0.707. The normalized spacial score (nSPS) is 9.40. The maximum atomic E-state index is 10.2. The van der Waals surface area contributed by atoms with Gasteiger partial charge in [0.05, 0.1) is 0 Å². The molecule has 0 fully saturated rings. The lowest BCUT2D eigenvalue weighted by molar-refractivity contribution is -0.135. The van der Waals surface area contributed by atoms with Crippen LogP contribution in [-0.2, 0) is 4.79 Å². The fourth-order valence-electron chi connectivity index (χ4n) is 0.897. The van der Waals surface area contributed by atoms with Gasteiger partial charge in [-0.25, -0.2) is 0 Å². The van der Waals surface area contributed by atoms with Gasteiger partial charge in [0.15, 0.2) is 5.11 Å². The summed E-state index contributed by atoms with van der Waals surface area (Å²) in [6, 6.07) is 6.97. The lowest BCUT2D eigenvalue weighted by atomic mass is 10.3. The van der Waals surface area contributed by atoms with E-state index in [1.807, 2.05) is 0 Å². The minimum absolute atomic E-state index is 0.216. The summed E-state index contributed by atoms with van der Waals surface area (Å²) in [4.78, 5) is 10.2. The number of carboxylic acid groups (broad SMARTS) is 1. The van der Waals surface area contributed by atoms with Crippen LogP contribution in [0.15, 0.2) is 24.3 Å². The number of anilines is 1. The van der Waals surface area contributed by atoms with Crippen molar-refractivity contribution in [2.24, 2.45) is 0 Å². The minimum atomic E-state index is -0.967. The Kier molecular flexibility index (Phi) is 4.33.